The van der Waals surface area contributed by atoms with Gasteiger partial charge in [0.05, 0.1) is 22.5 Å². The van der Waals surface area contributed by atoms with Crippen LogP contribution in [-0.2, 0) is 13.6 Å². The van der Waals surface area contributed by atoms with E-state index in [0.29, 0.717) is 5.69 Å². The number of aryl methyl sites for hydroxylation is 1. The first-order chi connectivity index (χ1) is 13.5. The summed E-state index contributed by atoms with van der Waals surface area (Å²) in [5.41, 5.74) is 2.66. The quantitative estimate of drug-likeness (QED) is 0.543. The number of nitro groups is 1. The third kappa shape index (κ3) is 3.28. The van der Waals surface area contributed by atoms with E-state index in [-0.39, 0.29) is 23.7 Å². The SMILES string of the molecule is Cn1c(CNC(=O)c2ccc(N3CCCC3)c([N+](=O)[O-])c2)nc2ccccc21. The van der Waals surface area contributed by atoms with Gasteiger partial charge in [0.15, 0.2) is 0 Å². The number of para-hydroxylation sites is 2. The second-order valence-electron chi connectivity index (χ2n) is 6.91. The number of anilines is 1. The molecule has 8 heteroatoms. The number of fused-ring (bicyclic) bond motifs is 1. The van der Waals surface area contributed by atoms with E-state index >= 15 is 0 Å². The lowest BCUT2D eigenvalue weighted by molar-refractivity contribution is -0.384. The Kier molecular flexibility index (Phi) is 4.68. The van der Waals surface area contributed by atoms with Crippen LogP contribution in [0.3, 0.4) is 0 Å². The summed E-state index contributed by atoms with van der Waals surface area (Å²) >= 11 is 0. The number of nitrogens with zero attached hydrogens (tertiary/aromatic N) is 4. The predicted octanol–water partition coefficient (Wildman–Crippen LogP) is 3.01. The van der Waals surface area contributed by atoms with Gasteiger partial charge in [-0.15, -0.1) is 0 Å². The Morgan fingerprint density at radius 3 is 2.68 bits per heavy atom. The molecule has 1 fully saturated rings. The van der Waals surface area contributed by atoms with Crippen molar-refractivity contribution in [2.24, 2.45) is 7.05 Å². The summed E-state index contributed by atoms with van der Waals surface area (Å²) in [6.45, 7) is 1.85. The Bertz CT molecular complexity index is 1050. The van der Waals surface area contributed by atoms with Crippen LogP contribution in [0.4, 0.5) is 11.4 Å². The Morgan fingerprint density at radius 1 is 1.21 bits per heavy atom. The fourth-order valence-electron chi connectivity index (χ4n) is 3.65. The van der Waals surface area contributed by atoms with Crippen molar-refractivity contribution >= 4 is 28.3 Å². The second kappa shape index (κ2) is 7.30. The maximum absolute atomic E-state index is 12.6. The molecule has 4 rings (SSSR count). The van der Waals surface area contributed by atoms with E-state index < -0.39 is 4.92 Å². The molecule has 0 spiro atoms. The van der Waals surface area contributed by atoms with Crippen LogP contribution in [0.1, 0.15) is 29.0 Å². The van der Waals surface area contributed by atoms with Gasteiger partial charge < -0.3 is 14.8 Å². The first-order valence-electron chi connectivity index (χ1n) is 9.26. The third-order valence-electron chi connectivity index (χ3n) is 5.17. The standard InChI is InChI=1S/C20H21N5O3/c1-23-16-7-3-2-6-15(16)22-19(23)13-21-20(26)14-8-9-17(18(12-14)25(27)28)24-10-4-5-11-24/h2-3,6-9,12H,4-5,10-11,13H2,1H3,(H,21,26). The van der Waals surface area contributed by atoms with E-state index in [2.05, 4.69) is 10.3 Å². The fraction of sp³-hybridized carbons (Fsp3) is 0.300. The molecule has 0 aliphatic carbocycles. The summed E-state index contributed by atoms with van der Waals surface area (Å²) in [7, 11) is 1.90. The molecule has 2 heterocycles. The average molecular weight is 379 g/mol. The lowest BCUT2D eigenvalue weighted by Gasteiger charge is -2.17. The van der Waals surface area contributed by atoms with Crippen molar-refractivity contribution < 1.29 is 9.72 Å². The zero-order valence-corrected chi connectivity index (χ0v) is 15.6. The maximum Gasteiger partial charge on any atom is 0.293 e. The van der Waals surface area contributed by atoms with Crippen LogP contribution >= 0.6 is 0 Å². The average Bonchev–Trinajstić information content (AvgIpc) is 3.34. The number of nitro benzene ring substituents is 1. The lowest BCUT2D eigenvalue weighted by Crippen LogP contribution is -2.25. The van der Waals surface area contributed by atoms with Crippen molar-refractivity contribution in [3.8, 4) is 0 Å². The van der Waals surface area contributed by atoms with Gasteiger partial charge in [0.25, 0.3) is 11.6 Å². The van der Waals surface area contributed by atoms with Gasteiger partial charge in [-0.2, -0.15) is 0 Å². The van der Waals surface area contributed by atoms with E-state index in [1.165, 1.54) is 6.07 Å². The molecule has 1 saturated heterocycles. The minimum Gasteiger partial charge on any atom is -0.366 e. The molecule has 1 amide bonds. The number of hydrogen-bond donors (Lipinski definition) is 1. The summed E-state index contributed by atoms with van der Waals surface area (Å²) in [6, 6.07) is 12.4. The van der Waals surface area contributed by atoms with E-state index in [4.69, 9.17) is 0 Å². The number of benzene rings is 2. The molecule has 0 saturated carbocycles. The summed E-state index contributed by atoms with van der Waals surface area (Å²) in [4.78, 5) is 30.2. The molecule has 0 bridgehead atoms. The Balaban J connectivity index is 1.53. The molecule has 28 heavy (non-hydrogen) atoms. The van der Waals surface area contributed by atoms with Gasteiger partial charge in [-0.05, 0) is 37.1 Å². The highest BCUT2D eigenvalue weighted by molar-refractivity contribution is 5.95. The van der Waals surface area contributed by atoms with Gasteiger partial charge in [0.1, 0.15) is 11.5 Å². The number of hydrogen-bond acceptors (Lipinski definition) is 5. The minimum atomic E-state index is -0.421. The molecular weight excluding hydrogens is 358 g/mol. The largest absolute Gasteiger partial charge is 0.366 e. The first kappa shape index (κ1) is 18.0. The van der Waals surface area contributed by atoms with E-state index in [9.17, 15) is 14.9 Å². The van der Waals surface area contributed by atoms with Crippen molar-refractivity contribution in [2.75, 3.05) is 18.0 Å². The van der Waals surface area contributed by atoms with Crippen LogP contribution in [0.2, 0.25) is 0 Å². The Morgan fingerprint density at radius 2 is 1.96 bits per heavy atom. The lowest BCUT2D eigenvalue weighted by atomic mass is 10.1. The van der Waals surface area contributed by atoms with Crippen LogP contribution < -0.4 is 10.2 Å². The number of rotatable bonds is 5. The zero-order valence-electron chi connectivity index (χ0n) is 15.6. The third-order valence-corrected chi connectivity index (χ3v) is 5.17. The molecule has 1 N–H and O–H groups in total. The number of nitrogens with one attached hydrogen (secondary N) is 1. The molecule has 3 aromatic rings. The number of carbonyl (C=O) groups excluding carboxylic acids is 1. The molecule has 0 radical (unpaired) electrons. The molecule has 0 unspecified atom stereocenters. The zero-order chi connectivity index (χ0) is 19.7. The molecule has 8 nitrogen and oxygen atoms in total. The van der Waals surface area contributed by atoms with Crippen LogP contribution in [0, 0.1) is 10.1 Å². The molecule has 1 aliphatic rings. The van der Waals surface area contributed by atoms with Crippen molar-refractivity contribution in [3.05, 3.63) is 64.0 Å². The van der Waals surface area contributed by atoms with Crippen LogP contribution in [0.5, 0.6) is 0 Å². The van der Waals surface area contributed by atoms with E-state index in [1.54, 1.807) is 12.1 Å². The summed E-state index contributed by atoms with van der Waals surface area (Å²) in [5, 5.41) is 14.3. The topological polar surface area (TPSA) is 93.3 Å². The highest BCUT2D eigenvalue weighted by atomic mass is 16.6. The Labute approximate surface area is 161 Å². The van der Waals surface area contributed by atoms with Crippen molar-refractivity contribution in [3.63, 3.8) is 0 Å². The van der Waals surface area contributed by atoms with Crippen LogP contribution in [-0.4, -0.2) is 33.5 Å². The van der Waals surface area contributed by atoms with Crippen molar-refractivity contribution in [1.29, 1.82) is 0 Å². The van der Waals surface area contributed by atoms with Gasteiger partial charge in [0, 0.05) is 31.8 Å². The number of aromatic nitrogens is 2. The summed E-state index contributed by atoms with van der Waals surface area (Å²) in [5.74, 6) is 0.362. The molecule has 1 aromatic heterocycles. The van der Waals surface area contributed by atoms with E-state index in [0.717, 1.165) is 42.8 Å². The van der Waals surface area contributed by atoms with Gasteiger partial charge in [-0.25, -0.2) is 4.98 Å². The summed E-state index contributed by atoms with van der Waals surface area (Å²) in [6.07, 6.45) is 2.05. The smallest absolute Gasteiger partial charge is 0.293 e. The second-order valence-corrected chi connectivity index (χ2v) is 6.91. The van der Waals surface area contributed by atoms with Crippen molar-refractivity contribution in [2.45, 2.75) is 19.4 Å². The minimum absolute atomic E-state index is 0.0303. The first-order valence-corrected chi connectivity index (χ1v) is 9.26. The van der Waals surface area contributed by atoms with Gasteiger partial charge in [-0.1, -0.05) is 12.1 Å². The number of carbonyl (C=O) groups is 1. The molecule has 144 valence electrons. The highest BCUT2D eigenvalue weighted by Gasteiger charge is 2.24. The number of imidazole rings is 1. The molecule has 1 aliphatic heterocycles. The maximum atomic E-state index is 12.6. The van der Waals surface area contributed by atoms with Gasteiger partial charge in [-0.3, -0.25) is 14.9 Å². The van der Waals surface area contributed by atoms with E-state index in [1.807, 2.05) is 40.8 Å². The summed E-state index contributed by atoms with van der Waals surface area (Å²) < 4.78 is 1.93. The highest BCUT2D eigenvalue weighted by Crippen LogP contribution is 2.31. The number of amides is 1. The predicted molar refractivity (Wildman–Crippen MR) is 106 cm³/mol. The molecular formula is C20H21N5O3. The fourth-order valence-corrected chi connectivity index (χ4v) is 3.65. The van der Waals surface area contributed by atoms with Crippen LogP contribution in [0.15, 0.2) is 42.5 Å². The molecule has 0 atom stereocenters. The monoisotopic (exact) mass is 379 g/mol. The van der Waals surface area contributed by atoms with Crippen molar-refractivity contribution in [1.82, 2.24) is 14.9 Å². The Hall–Kier alpha value is -3.42. The van der Waals surface area contributed by atoms with Gasteiger partial charge >= 0.3 is 0 Å². The normalized spacial score (nSPS) is 13.8. The van der Waals surface area contributed by atoms with Gasteiger partial charge in [0.2, 0.25) is 0 Å². The molecule has 2 aromatic carbocycles. The van der Waals surface area contributed by atoms with Crippen LogP contribution in [0.25, 0.3) is 11.0 Å².